The first-order chi connectivity index (χ1) is 11.1. The zero-order valence-electron chi connectivity index (χ0n) is 12.6. The Morgan fingerprint density at radius 3 is 2.78 bits per heavy atom. The van der Waals surface area contributed by atoms with Crippen LogP contribution in [0.1, 0.15) is 15.9 Å². The summed E-state index contributed by atoms with van der Waals surface area (Å²) in [5, 5.41) is 4.88. The highest BCUT2D eigenvalue weighted by Gasteiger charge is 2.10. The number of aromatic nitrogens is 2. The molecule has 0 radical (unpaired) electrons. The lowest BCUT2D eigenvalue weighted by atomic mass is 10.2. The second-order valence-electron chi connectivity index (χ2n) is 5.14. The number of halogens is 1. The molecule has 0 fully saturated rings. The molecule has 0 saturated carbocycles. The largest absolute Gasteiger partial charge is 0.350 e. The Labute approximate surface area is 137 Å². The van der Waals surface area contributed by atoms with E-state index < -0.39 is 0 Å². The summed E-state index contributed by atoms with van der Waals surface area (Å²) in [6, 6.07) is 7.57. The molecule has 0 aliphatic heterocycles. The van der Waals surface area contributed by atoms with Gasteiger partial charge < -0.3 is 9.88 Å². The highest BCUT2D eigenvalue weighted by Crippen LogP contribution is 2.27. The van der Waals surface area contributed by atoms with Crippen molar-refractivity contribution in [3.05, 3.63) is 65.0 Å². The van der Waals surface area contributed by atoms with Crippen LogP contribution >= 0.6 is 11.3 Å². The van der Waals surface area contributed by atoms with Crippen LogP contribution in [-0.2, 0) is 6.54 Å². The number of hydrogen-bond acceptors (Lipinski definition) is 3. The van der Waals surface area contributed by atoms with E-state index in [9.17, 15) is 9.18 Å². The molecule has 118 valence electrons. The minimum atomic E-state index is -0.351. The van der Waals surface area contributed by atoms with Crippen LogP contribution in [0.4, 0.5) is 4.39 Å². The fourth-order valence-corrected chi connectivity index (χ4v) is 3.23. The van der Waals surface area contributed by atoms with Crippen molar-refractivity contribution in [2.75, 3.05) is 6.54 Å². The van der Waals surface area contributed by atoms with Crippen molar-refractivity contribution in [3.8, 4) is 10.7 Å². The molecule has 0 saturated heterocycles. The van der Waals surface area contributed by atoms with E-state index in [-0.39, 0.29) is 11.7 Å². The summed E-state index contributed by atoms with van der Waals surface area (Å²) in [6.45, 7) is 3.16. The fourth-order valence-electron chi connectivity index (χ4n) is 2.29. The van der Waals surface area contributed by atoms with Gasteiger partial charge in [-0.1, -0.05) is 0 Å². The number of benzene rings is 1. The average Bonchev–Trinajstić information content (AvgIpc) is 3.16. The van der Waals surface area contributed by atoms with E-state index in [1.54, 1.807) is 17.5 Å². The van der Waals surface area contributed by atoms with Gasteiger partial charge in [-0.05, 0) is 48.2 Å². The monoisotopic (exact) mass is 329 g/mol. The third kappa shape index (κ3) is 3.48. The number of nitrogens with zero attached hydrogens (tertiary/aromatic N) is 2. The lowest BCUT2D eigenvalue weighted by molar-refractivity contribution is 0.0952. The van der Waals surface area contributed by atoms with E-state index in [1.807, 2.05) is 16.1 Å². The van der Waals surface area contributed by atoms with Crippen LogP contribution in [0.25, 0.3) is 10.7 Å². The lowest BCUT2D eigenvalue weighted by Gasteiger charge is -2.09. The van der Waals surface area contributed by atoms with Crippen LogP contribution in [0.15, 0.2) is 48.1 Å². The van der Waals surface area contributed by atoms with Gasteiger partial charge in [0.15, 0.2) is 0 Å². The maximum atomic E-state index is 12.9. The molecule has 6 heteroatoms. The first-order valence-corrected chi connectivity index (χ1v) is 8.12. The summed E-state index contributed by atoms with van der Waals surface area (Å²) in [5.74, 6) is 0.350. The Bertz CT molecular complexity index is 807. The standard InChI is InChI=1S/C17H16FN3OS/c1-12-6-11-23-15(12)16-19-7-9-21(16)10-8-20-17(22)13-2-4-14(18)5-3-13/h2-7,9,11H,8,10H2,1H3,(H,20,22). The third-order valence-corrected chi connectivity index (χ3v) is 4.54. The molecule has 0 aliphatic rings. The normalized spacial score (nSPS) is 10.7. The zero-order chi connectivity index (χ0) is 16.2. The van der Waals surface area contributed by atoms with Crippen LogP contribution in [0.5, 0.6) is 0 Å². The maximum absolute atomic E-state index is 12.9. The van der Waals surface area contributed by atoms with Crippen molar-refractivity contribution in [1.82, 2.24) is 14.9 Å². The number of rotatable bonds is 5. The smallest absolute Gasteiger partial charge is 0.251 e. The molecule has 0 unspecified atom stereocenters. The molecule has 23 heavy (non-hydrogen) atoms. The Kier molecular flexibility index (Phi) is 4.52. The molecule has 2 aromatic heterocycles. The first-order valence-electron chi connectivity index (χ1n) is 7.24. The molecule has 3 aromatic rings. The number of thiophene rings is 1. The van der Waals surface area contributed by atoms with Crippen molar-refractivity contribution in [2.24, 2.45) is 0 Å². The second-order valence-corrected chi connectivity index (χ2v) is 6.06. The Hall–Kier alpha value is -2.47. The molecule has 1 aromatic carbocycles. The molecule has 0 atom stereocenters. The van der Waals surface area contributed by atoms with Gasteiger partial charge in [-0.2, -0.15) is 0 Å². The molecular weight excluding hydrogens is 313 g/mol. The number of carbonyl (C=O) groups excluding carboxylic acids is 1. The van der Waals surface area contributed by atoms with Crippen molar-refractivity contribution in [2.45, 2.75) is 13.5 Å². The number of imidazole rings is 1. The fraction of sp³-hybridized carbons (Fsp3) is 0.176. The topological polar surface area (TPSA) is 46.9 Å². The molecule has 0 spiro atoms. The van der Waals surface area contributed by atoms with Crippen LogP contribution in [0, 0.1) is 12.7 Å². The number of hydrogen-bond donors (Lipinski definition) is 1. The van der Waals surface area contributed by atoms with Crippen molar-refractivity contribution < 1.29 is 9.18 Å². The van der Waals surface area contributed by atoms with Crippen molar-refractivity contribution >= 4 is 17.2 Å². The summed E-state index contributed by atoms with van der Waals surface area (Å²) in [5.41, 5.74) is 1.64. The van der Waals surface area contributed by atoms with Crippen LogP contribution in [-0.4, -0.2) is 22.0 Å². The molecule has 3 rings (SSSR count). The van der Waals surface area contributed by atoms with Gasteiger partial charge in [0.2, 0.25) is 0 Å². The van der Waals surface area contributed by atoms with E-state index in [2.05, 4.69) is 23.3 Å². The van der Waals surface area contributed by atoms with Gasteiger partial charge in [0.25, 0.3) is 5.91 Å². The molecule has 4 nitrogen and oxygen atoms in total. The van der Waals surface area contributed by atoms with E-state index in [1.165, 1.54) is 29.8 Å². The van der Waals surface area contributed by atoms with E-state index in [0.717, 1.165) is 10.7 Å². The molecule has 1 amide bonds. The number of carbonyl (C=O) groups is 1. The lowest BCUT2D eigenvalue weighted by Crippen LogP contribution is -2.27. The van der Waals surface area contributed by atoms with Crippen molar-refractivity contribution in [3.63, 3.8) is 0 Å². The summed E-state index contributed by atoms with van der Waals surface area (Å²) in [4.78, 5) is 17.5. The summed E-state index contributed by atoms with van der Waals surface area (Å²) in [6.07, 6.45) is 3.66. The van der Waals surface area contributed by atoms with E-state index >= 15 is 0 Å². The van der Waals surface area contributed by atoms with E-state index in [4.69, 9.17) is 0 Å². The molecular formula is C17H16FN3OS. The Balaban J connectivity index is 1.62. The zero-order valence-corrected chi connectivity index (χ0v) is 13.4. The van der Waals surface area contributed by atoms with Gasteiger partial charge in [-0.15, -0.1) is 11.3 Å². The SMILES string of the molecule is Cc1ccsc1-c1nccn1CCNC(=O)c1ccc(F)cc1. The number of aryl methyl sites for hydroxylation is 1. The van der Waals surface area contributed by atoms with Crippen LogP contribution < -0.4 is 5.32 Å². The molecule has 1 N–H and O–H groups in total. The number of nitrogens with one attached hydrogen (secondary N) is 1. The average molecular weight is 329 g/mol. The summed E-state index contributed by atoms with van der Waals surface area (Å²) >= 11 is 1.65. The predicted octanol–water partition coefficient (Wildman–Crippen LogP) is 3.49. The first kappa shape index (κ1) is 15.4. The second kappa shape index (κ2) is 6.75. The minimum Gasteiger partial charge on any atom is -0.350 e. The third-order valence-electron chi connectivity index (χ3n) is 3.53. The van der Waals surface area contributed by atoms with Crippen LogP contribution in [0.3, 0.4) is 0 Å². The van der Waals surface area contributed by atoms with Crippen molar-refractivity contribution in [1.29, 1.82) is 0 Å². The minimum absolute atomic E-state index is 0.209. The maximum Gasteiger partial charge on any atom is 0.251 e. The number of amides is 1. The van der Waals surface area contributed by atoms with Gasteiger partial charge >= 0.3 is 0 Å². The predicted molar refractivity (Wildman–Crippen MR) is 89.0 cm³/mol. The highest BCUT2D eigenvalue weighted by atomic mass is 32.1. The highest BCUT2D eigenvalue weighted by molar-refractivity contribution is 7.13. The van der Waals surface area contributed by atoms with Gasteiger partial charge in [0.1, 0.15) is 11.6 Å². The summed E-state index contributed by atoms with van der Waals surface area (Å²) < 4.78 is 14.9. The molecule has 0 bridgehead atoms. The quantitative estimate of drug-likeness (QED) is 0.779. The van der Waals surface area contributed by atoms with Gasteiger partial charge in [0.05, 0.1) is 4.88 Å². The van der Waals surface area contributed by atoms with Gasteiger partial charge in [0, 0.05) is 31.0 Å². The molecule has 0 aliphatic carbocycles. The Morgan fingerprint density at radius 2 is 2.09 bits per heavy atom. The van der Waals surface area contributed by atoms with E-state index in [0.29, 0.717) is 18.7 Å². The Morgan fingerprint density at radius 1 is 1.30 bits per heavy atom. The van der Waals surface area contributed by atoms with Crippen LogP contribution in [0.2, 0.25) is 0 Å². The van der Waals surface area contributed by atoms with Gasteiger partial charge in [-0.3, -0.25) is 4.79 Å². The molecule has 2 heterocycles. The summed E-state index contributed by atoms with van der Waals surface area (Å²) in [7, 11) is 0. The van der Waals surface area contributed by atoms with Gasteiger partial charge in [-0.25, -0.2) is 9.37 Å².